The molecule has 0 aliphatic carbocycles. The normalized spacial score (nSPS) is 10.7. The molecule has 5 heteroatoms. The summed E-state index contributed by atoms with van der Waals surface area (Å²) in [5, 5.41) is 0. The van der Waals surface area contributed by atoms with Crippen LogP contribution in [0.1, 0.15) is 6.92 Å². The van der Waals surface area contributed by atoms with Crippen LogP contribution < -0.4 is 4.74 Å². The van der Waals surface area contributed by atoms with E-state index < -0.39 is 0 Å². The fraction of sp³-hybridized carbons (Fsp3) is 0.222. The van der Waals surface area contributed by atoms with E-state index in [0.29, 0.717) is 6.61 Å². The van der Waals surface area contributed by atoms with Gasteiger partial charge < -0.3 is 14.0 Å². The van der Waals surface area contributed by atoms with Crippen molar-refractivity contribution in [3.05, 3.63) is 48.5 Å². The van der Waals surface area contributed by atoms with E-state index >= 15 is 0 Å². The van der Waals surface area contributed by atoms with Crippen LogP contribution in [-0.2, 0) is 16.1 Å². The van der Waals surface area contributed by atoms with Gasteiger partial charge in [0.2, 0.25) is 0 Å². The van der Waals surface area contributed by atoms with Gasteiger partial charge in [-0.05, 0) is 43.3 Å². The summed E-state index contributed by atoms with van der Waals surface area (Å²) in [6.45, 7) is 2.30. The summed E-state index contributed by atoms with van der Waals surface area (Å²) in [4.78, 5) is 16.6. The third-order valence-corrected chi connectivity index (χ3v) is 3.60. The van der Waals surface area contributed by atoms with Crippen molar-refractivity contribution in [2.45, 2.75) is 13.5 Å². The number of aromatic nitrogens is 2. The lowest BCUT2D eigenvalue weighted by Crippen LogP contribution is -2.14. The van der Waals surface area contributed by atoms with Crippen LogP contribution in [0.3, 0.4) is 0 Å². The van der Waals surface area contributed by atoms with Crippen molar-refractivity contribution >= 4 is 17.0 Å². The molecule has 1 aromatic heterocycles. The number of esters is 1. The van der Waals surface area contributed by atoms with Gasteiger partial charge in [-0.15, -0.1) is 0 Å². The number of carbonyl (C=O) groups is 1. The van der Waals surface area contributed by atoms with Crippen LogP contribution in [0, 0.1) is 0 Å². The molecule has 3 aromatic rings. The highest BCUT2D eigenvalue weighted by Crippen LogP contribution is 2.26. The van der Waals surface area contributed by atoms with Crippen molar-refractivity contribution in [2.24, 2.45) is 0 Å². The number of hydrogen-bond acceptors (Lipinski definition) is 4. The molecular formula is C18H18N2O3. The number of hydrogen-bond donors (Lipinski definition) is 0. The average Bonchev–Trinajstić information content (AvgIpc) is 2.94. The Labute approximate surface area is 134 Å². The van der Waals surface area contributed by atoms with Gasteiger partial charge in [0, 0.05) is 5.56 Å². The first-order valence-electron chi connectivity index (χ1n) is 7.48. The highest BCUT2D eigenvalue weighted by molar-refractivity contribution is 5.83. The number of rotatable bonds is 5. The van der Waals surface area contributed by atoms with Gasteiger partial charge in [0.15, 0.2) is 0 Å². The summed E-state index contributed by atoms with van der Waals surface area (Å²) in [5.41, 5.74) is 2.68. The molecule has 23 heavy (non-hydrogen) atoms. The van der Waals surface area contributed by atoms with Gasteiger partial charge in [0.1, 0.15) is 18.1 Å². The third-order valence-electron chi connectivity index (χ3n) is 3.60. The lowest BCUT2D eigenvalue weighted by Gasteiger charge is -2.09. The van der Waals surface area contributed by atoms with Gasteiger partial charge in [-0.1, -0.05) is 12.1 Å². The maximum Gasteiger partial charge on any atom is 0.326 e. The summed E-state index contributed by atoms with van der Waals surface area (Å²) in [6.07, 6.45) is 0. The van der Waals surface area contributed by atoms with E-state index in [-0.39, 0.29) is 12.5 Å². The molecule has 0 N–H and O–H groups in total. The average molecular weight is 310 g/mol. The number of ether oxygens (including phenoxy) is 2. The second-order valence-electron chi connectivity index (χ2n) is 5.04. The Morgan fingerprint density at radius 1 is 1.13 bits per heavy atom. The number of para-hydroxylation sites is 2. The minimum Gasteiger partial charge on any atom is -0.497 e. The molecule has 2 aromatic carbocycles. The first kappa shape index (κ1) is 15.1. The van der Waals surface area contributed by atoms with Crippen LogP contribution in [0.4, 0.5) is 0 Å². The highest BCUT2D eigenvalue weighted by atomic mass is 16.5. The first-order chi connectivity index (χ1) is 11.2. The Hall–Kier alpha value is -2.82. The van der Waals surface area contributed by atoms with Crippen LogP contribution in [-0.4, -0.2) is 29.2 Å². The summed E-state index contributed by atoms with van der Waals surface area (Å²) in [7, 11) is 1.63. The molecule has 3 rings (SSSR count). The van der Waals surface area contributed by atoms with Gasteiger partial charge >= 0.3 is 5.97 Å². The molecule has 0 radical (unpaired) electrons. The minimum atomic E-state index is -0.273. The molecule has 0 saturated heterocycles. The first-order valence-corrected chi connectivity index (χ1v) is 7.48. The van der Waals surface area contributed by atoms with Crippen LogP contribution >= 0.6 is 0 Å². The quantitative estimate of drug-likeness (QED) is 0.679. The molecule has 0 spiro atoms. The zero-order valence-corrected chi connectivity index (χ0v) is 13.2. The summed E-state index contributed by atoms with van der Waals surface area (Å²) in [6, 6.07) is 15.4. The van der Waals surface area contributed by atoms with Gasteiger partial charge in [-0.3, -0.25) is 4.79 Å². The van der Waals surface area contributed by atoms with Crippen molar-refractivity contribution in [3.63, 3.8) is 0 Å². The van der Waals surface area contributed by atoms with Crippen LogP contribution in [0.5, 0.6) is 5.75 Å². The Bertz CT molecular complexity index is 822. The fourth-order valence-corrected chi connectivity index (χ4v) is 2.53. The maximum absolute atomic E-state index is 11.9. The molecule has 0 saturated carbocycles. The molecule has 0 bridgehead atoms. The third kappa shape index (κ3) is 3.04. The molecule has 0 atom stereocenters. The Balaban J connectivity index is 2.08. The number of carbonyl (C=O) groups excluding carboxylic acids is 1. The molecule has 1 heterocycles. The SMILES string of the molecule is CCOC(=O)Cn1c(-c2ccc(OC)cc2)nc2ccccc21. The maximum atomic E-state index is 11.9. The Morgan fingerprint density at radius 2 is 1.87 bits per heavy atom. The van der Waals surface area contributed by atoms with E-state index in [2.05, 4.69) is 4.98 Å². The van der Waals surface area contributed by atoms with Crippen molar-refractivity contribution in [1.82, 2.24) is 9.55 Å². The zero-order chi connectivity index (χ0) is 16.2. The number of benzene rings is 2. The molecule has 0 amide bonds. The van der Waals surface area contributed by atoms with Crippen LogP contribution in [0.15, 0.2) is 48.5 Å². The van der Waals surface area contributed by atoms with E-state index in [0.717, 1.165) is 28.2 Å². The van der Waals surface area contributed by atoms with Crippen LogP contribution in [0.2, 0.25) is 0 Å². The van der Waals surface area contributed by atoms with Crippen molar-refractivity contribution in [3.8, 4) is 17.1 Å². The molecule has 0 unspecified atom stereocenters. The lowest BCUT2D eigenvalue weighted by molar-refractivity contribution is -0.143. The number of nitrogens with zero attached hydrogens (tertiary/aromatic N) is 2. The van der Waals surface area contributed by atoms with Crippen molar-refractivity contribution in [1.29, 1.82) is 0 Å². The monoisotopic (exact) mass is 310 g/mol. The van der Waals surface area contributed by atoms with Crippen molar-refractivity contribution < 1.29 is 14.3 Å². The highest BCUT2D eigenvalue weighted by Gasteiger charge is 2.15. The lowest BCUT2D eigenvalue weighted by atomic mass is 10.2. The predicted molar refractivity (Wildman–Crippen MR) is 88.4 cm³/mol. The van der Waals surface area contributed by atoms with E-state index in [1.54, 1.807) is 14.0 Å². The van der Waals surface area contributed by atoms with Gasteiger partial charge in [-0.2, -0.15) is 0 Å². The summed E-state index contributed by atoms with van der Waals surface area (Å²) < 4.78 is 12.2. The topological polar surface area (TPSA) is 53.4 Å². The molecule has 0 aliphatic rings. The van der Waals surface area contributed by atoms with Crippen molar-refractivity contribution in [2.75, 3.05) is 13.7 Å². The van der Waals surface area contributed by atoms with Gasteiger partial charge in [0.05, 0.1) is 24.8 Å². The minimum absolute atomic E-state index is 0.135. The second-order valence-corrected chi connectivity index (χ2v) is 5.04. The van der Waals surface area contributed by atoms with E-state index in [1.807, 2.05) is 53.1 Å². The second kappa shape index (κ2) is 6.52. The Kier molecular flexibility index (Phi) is 4.28. The molecule has 0 aliphatic heterocycles. The fourth-order valence-electron chi connectivity index (χ4n) is 2.53. The predicted octanol–water partition coefficient (Wildman–Crippen LogP) is 3.28. The number of imidazole rings is 1. The van der Waals surface area contributed by atoms with E-state index in [1.165, 1.54) is 0 Å². The van der Waals surface area contributed by atoms with E-state index in [9.17, 15) is 4.79 Å². The molecule has 0 fully saturated rings. The molecule has 118 valence electrons. The van der Waals surface area contributed by atoms with E-state index in [4.69, 9.17) is 9.47 Å². The number of fused-ring (bicyclic) bond motifs is 1. The summed E-state index contributed by atoms with van der Waals surface area (Å²) >= 11 is 0. The Morgan fingerprint density at radius 3 is 2.57 bits per heavy atom. The van der Waals surface area contributed by atoms with Crippen LogP contribution in [0.25, 0.3) is 22.4 Å². The largest absolute Gasteiger partial charge is 0.497 e. The van der Waals surface area contributed by atoms with Gasteiger partial charge in [-0.25, -0.2) is 4.98 Å². The molecule has 5 nitrogen and oxygen atoms in total. The molecular weight excluding hydrogens is 292 g/mol. The standard InChI is InChI=1S/C18H18N2O3/c1-3-23-17(21)12-20-16-7-5-4-6-15(16)19-18(20)13-8-10-14(22-2)11-9-13/h4-11H,3,12H2,1-2H3. The van der Waals surface area contributed by atoms with Gasteiger partial charge in [0.25, 0.3) is 0 Å². The number of methoxy groups -OCH3 is 1. The zero-order valence-electron chi connectivity index (χ0n) is 13.2. The summed E-state index contributed by atoms with van der Waals surface area (Å²) in [5.74, 6) is 1.24. The smallest absolute Gasteiger partial charge is 0.326 e.